The van der Waals surface area contributed by atoms with E-state index in [1.165, 1.54) is 24.6 Å². The van der Waals surface area contributed by atoms with Crippen LogP contribution in [0, 0.1) is 23.1 Å². The molecule has 2 fully saturated rings. The first-order valence-electron chi connectivity index (χ1n) is 9.97. The summed E-state index contributed by atoms with van der Waals surface area (Å²) in [5.74, 6) is 0.0609. The van der Waals surface area contributed by atoms with Gasteiger partial charge in [0, 0.05) is 30.7 Å². The van der Waals surface area contributed by atoms with E-state index in [0.29, 0.717) is 6.04 Å². The van der Waals surface area contributed by atoms with E-state index >= 15 is 0 Å². The molecule has 0 saturated carbocycles. The molecule has 0 unspecified atom stereocenters. The molecule has 2 heterocycles. The number of rotatable bonds is 3. The third kappa shape index (κ3) is 4.14. The van der Waals surface area contributed by atoms with Crippen molar-refractivity contribution in [2.45, 2.75) is 31.7 Å². The number of benzene rings is 2. The number of likely N-dealkylation sites (tertiary alicyclic amines) is 1. The molecule has 4 rings (SSSR count). The lowest BCUT2D eigenvalue weighted by Gasteiger charge is -2.41. The van der Waals surface area contributed by atoms with Gasteiger partial charge in [-0.1, -0.05) is 24.3 Å². The summed E-state index contributed by atoms with van der Waals surface area (Å²) in [5.41, 5.74) is 3.21. The van der Waals surface area contributed by atoms with Crippen molar-refractivity contribution >= 4 is 5.69 Å². The maximum absolute atomic E-state index is 13.5. The van der Waals surface area contributed by atoms with Crippen LogP contribution in [0.15, 0.2) is 48.5 Å². The zero-order chi connectivity index (χ0) is 18.6. The van der Waals surface area contributed by atoms with Crippen LogP contribution in [0.3, 0.4) is 0 Å². The second kappa shape index (κ2) is 8.10. The first-order chi connectivity index (χ1) is 13.2. The third-order valence-electron chi connectivity index (χ3n) is 6.06. The molecule has 0 bridgehead atoms. The standard InChI is InChI=1S/C23H26FN3/c24-21-5-1-3-19(15-21)20-4-2-6-23(16-20)27-13-9-22(10-14-27)26-11-7-18(17-25)8-12-26/h1-6,15-16,18,22H,7-14H2. The predicted octanol–water partition coefficient (Wildman–Crippen LogP) is 4.70. The lowest BCUT2D eigenvalue weighted by molar-refractivity contribution is 0.127. The molecule has 140 valence electrons. The molecule has 2 aliphatic heterocycles. The van der Waals surface area contributed by atoms with E-state index in [1.807, 2.05) is 12.1 Å². The molecular weight excluding hydrogens is 337 g/mol. The number of anilines is 1. The number of hydrogen-bond acceptors (Lipinski definition) is 3. The van der Waals surface area contributed by atoms with Crippen molar-refractivity contribution < 1.29 is 4.39 Å². The summed E-state index contributed by atoms with van der Waals surface area (Å²) in [5, 5.41) is 9.07. The van der Waals surface area contributed by atoms with E-state index in [0.717, 1.165) is 50.1 Å². The Morgan fingerprint density at radius 1 is 0.852 bits per heavy atom. The van der Waals surface area contributed by atoms with E-state index in [4.69, 9.17) is 5.26 Å². The molecule has 0 aliphatic carbocycles. The van der Waals surface area contributed by atoms with E-state index in [1.54, 1.807) is 12.1 Å². The highest BCUT2D eigenvalue weighted by molar-refractivity contribution is 5.68. The minimum Gasteiger partial charge on any atom is -0.371 e. The Morgan fingerprint density at radius 3 is 2.19 bits per heavy atom. The van der Waals surface area contributed by atoms with E-state index in [-0.39, 0.29) is 11.7 Å². The van der Waals surface area contributed by atoms with Crippen LogP contribution in [0.2, 0.25) is 0 Å². The van der Waals surface area contributed by atoms with Crippen molar-refractivity contribution in [1.29, 1.82) is 5.26 Å². The van der Waals surface area contributed by atoms with Gasteiger partial charge < -0.3 is 9.80 Å². The highest BCUT2D eigenvalue weighted by Crippen LogP contribution is 2.29. The smallest absolute Gasteiger partial charge is 0.123 e. The van der Waals surface area contributed by atoms with Crippen LogP contribution in [-0.2, 0) is 0 Å². The van der Waals surface area contributed by atoms with Crippen LogP contribution < -0.4 is 4.90 Å². The highest BCUT2D eigenvalue weighted by atomic mass is 19.1. The van der Waals surface area contributed by atoms with E-state index in [9.17, 15) is 4.39 Å². The van der Waals surface area contributed by atoms with Gasteiger partial charge in [0.05, 0.1) is 6.07 Å². The van der Waals surface area contributed by atoms with Crippen molar-refractivity contribution in [3.05, 3.63) is 54.3 Å². The van der Waals surface area contributed by atoms with Crippen molar-refractivity contribution in [1.82, 2.24) is 4.90 Å². The second-order valence-electron chi connectivity index (χ2n) is 7.72. The van der Waals surface area contributed by atoms with Gasteiger partial charge in [0.15, 0.2) is 0 Å². The van der Waals surface area contributed by atoms with Gasteiger partial charge in [-0.25, -0.2) is 4.39 Å². The number of hydrogen-bond donors (Lipinski definition) is 0. The Morgan fingerprint density at radius 2 is 1.52 bits per heavy atom. The lowest BCUT2D eigenvalue weighted by Crippen LogP contribution is -2.47. The summed E-state index contributed by atoms with van der Waals surface area (Å²) in [6.07, 6.45) is 4.38. The maximum atomic E-state index is 13.5. The molecule has 0 spiro atoms. The fraction of sp³-hybridized carbons (Fsp3) is 0.435. The van der Waals surface area contributed by atoms with Crippen LogP contribution in [0.25, 0.3) is 11.1 Å². The SMILES string of the molecule is N#CC1CCN(C2CCN(c3cccc(-c4cccc(F)c4)c3)CC2)CC1. The Bertz CT molecular complexity index is 812. The summed E-state index contributed by atoms with van der Waals surface area (Å²) in [7, 11) is 0. The molecule has 3 nitrogen and oxygen atoms in total. The summed E-state index contributed by atoms with van der Waals surface area (Å²) >= 11 is 0. The van der Waals surface area contributed by atoms with Crippen LogP contribution in [0.4, 0.5) is 10.1 Å². The molecule has 0 atom stereocenters. The van der Waals surface area contributed by atoms with Gasteiger partial charge in [-0.3, -0.25) is 0 Å². The molecule has 2 aliphatic rings. The summed E-state index contributed by atoms with van der Waals surface area (Å²) < 4.78 is 13.5. The van der Waals surface area contributed by atoms with Gasteiger partial charge in [-0.05, 0) is 74.2 Å². The van der Waals surface area contributed by atoms with E-state index < -0.39 is 0 Å². The lowest BCUT2D eigenvalue weighted by atomic mass is 9.94. The van der Waals surface area contributed by atoms with Crippen molar-refractivity contribution in [3.63, 3.8) is 0 Å². The molecule has 0 aromatic heterocycles. The van der Waals surface area contributed by atoms with Gasteiger partial charge in [0.25, 0.3) is 0 Å². The van der Waals surface area contributed by atoms with Crippen LogP contribution in [-0.4, -0.2) is 37.1 Å². The number of nitriles is 1. The largest absolute Gasteiger partial charge is 0.371 e. The molecule has 4 heteroatoms. The number of piperidine rings is 2. The monoisotopic (exact) mass is 363 g/mol. The first kappa shape index (κ1) is 18.0. The number of nitrogens with zero attached hydrogens (tertiary/aromatic N) is 3. The first-order valence-corrected chi connectivity index (χ1v) is 9.97. The van der Waals surface area contributed by atoms with Crippen molar-refractivity contribution in [2.24, 2.45) is 5.92 Å². The fourth-order valence-electron chi connectivity index (χ4n) is 4.43. The topological polar surface area (TPSA) is 30.3 Å². The van der Waals surface area contributed by atoms with Gasteiger partial charge in [0.1, 0.15) is 5.82 Å². The fourth-order valence-corrected chi connectivity index (χ4v) is 4.43. The normalized spacial score (nSPS) is 19.8. The Kier molecular flexibility index (Phi) is 5.40. The average Bonchev–Trinajstić information content (AvgIpc) is 2.74. The van der Waals surface area contributed by atoms with E-state index in [2.05, 4.69) is 34.1 Å². The van der Waals surface area contributed by atoms with Crippen molar-refractivity contribution in [3.8, 4) is 17.2 Å². The molecule has 2 aromatic carbocycles. The maximum Gasteiger partial charge on any atom is 0.123 e. The Hall–Kier alpha value is -2.38. The van der Waals surface area contributed by atoms with Crippen molar-refractivity contribution in [2.75, 3.05) is 31.1 Å². The molecule has 0 amide bonds. The highest BCUT2D eigenvalue weighted by Gasteiger charge is 2.28. The zero-order valence-corrected chi connectivity index (χ0v) is 15.6. The van der Waals surface area contributed by atoms with Crippen LogP contribution >= 0.6 is 0 Å². The molecule has 27 heavy (non-hydrogen) atoms. The quantitative estimate of drug-likeness (QED) is 0.792. The van der Waals surface area contributed by atoms with Gasteiger partial charge in [-0.2, -0.15) is 5.26 Å². The molecule has 0 radical (unpaired) electrons. The molecule has 2 saturated heterocycles. The minimum absolute atomic E-state index is 0.195. The zero-order valence-electron chi connectivity index (χ0n) is 15.6. The average molecular weight is 363 g/mol. The van der Waals surface area contributed by atoms with Crippen LogP contribution in [0.5, 0.6) is 0 Å². The Labute approximate surface area is 161 Å². The second-order valence-corrected chi connectivity index (χ2v) is 7.72. The summed E-state index contributed by atoms with van der Waals surface area (Å²) in [6.45, 7) is 4.24. The third-order valence-corrected chi connectivity index (χ3v) is 6.06. The molecular formula is C23H26FN3. The summed E-state index contributed by atoms with van der Waals surface area (Å²) in [6, 6.07) is 18.3. The number of halogens is 1. The molecule has 2 aromatic rings. The minimum atomic E-state index is -0.195. The predicted molar refractivity (Wildman–Crippen MR) is 107 cm³/mol. The van der Waals surface area contributed by atoms with Gasteiger partial charge in [-0.15, -0.1) is 0 Å². The van der Waals surface area contributed by atoms with Crippen LogP contribution in [0.1, 0.15) is 25.7 Å². The van der Waals surface area contributed by atoms with Gasteiger partial charge in [0.2, 0.25) is 0 Å². The Balaban J connectivity index is 1.39. The summed E-state index contributed by atoms with van der Waals surface area (Å²) in [4.78, 5) is 5.04. The van der Waals surface area contributed by atoms with Gasteiger partial charge >= 0.3 is 0 Å². The molecule has 0 N–H and O–H groups in total.